The fourth-order valence-corrected chi connectivity index (χ4v) is 2.02. The maximum atomic E-state index is 12.2. The third-order valence-electron chi connectivity index (χ3n) is 2.92. The number of hydrogen-bond donors (Lipinski definition) is 1. The first kappa shape index (κ1) is 12.0. The van der Waals surface area contributed by atoms with Gasteiger partial charge in [-0.2, -0.15) is 0 Å². The molecule has 2 aromatic heterocycles. The second-order valence-corrected chi connectivity index (χ2v) is 4.05. The monoisotopic (exact) mass is 269 g/mol. The van der Waals surface area contributed by atoms with Crippen molar-refractivity contribution >= 4 is 23.6 Å². The number of pyridine rings is 2. The van der Waals surface area contributed by atoms with Crippen LogP contribution in [0.4, 0.5) is 5.82 Å². The maximum Gasteiger partial charge on any atom is 0.339 e. The first-order valence-corrected chi connectivity index (χ1v) is 5.62. The standard InChI is InChI=1S/C13H7N3O4/c17-11-7-3-5-14-6-9(7)12(18)16(11)10-8(13(19)20)2-1-4-15-10/h1-6H,(H,19,20). The van der Waals surface area contributed by atoms with Crippen LogP contribution in [0.1, 0.15) is 31.1 Å². The zero-order valence-electron chi connectivity index (χ0n) is 9.98. The van der Waals surface area contributed by atoms with Gasteiger partial charge >= 0.3 is 5.97 Å². The molecule has 1 aliphatic heterocycles. The van der Waals surface area contributed by atoms with Crippen molar-refractivity contribution in [3.05, 3.63) is 53.5 Å². The van der Waals surface area contributed by atoms with Crippen molar-refractivity contribution in [1.82, 2.24) is 9.97 Å². The van der Waals surface area contributed by atoms with Crippen LogP contribution in [0.25, 0.3) is 0 Å². The van der Waals surface area contributed by atoms with Gasteiger partial charge in [0.2, 0.25) is 0 Å². The van der Waals surface area contributed by atoms with Crippen molar-refractivity contribution in [3.63, 3.8) is 0 Å². The van der Waals surface area contributed by atoms with Crippen LogP contribution in [0.15, 0.2) is 36.8 Å². The summed E-state index contributed by atoms with van der Waals surface area (Å²) in [7, 11) is 0. The van der Waals surface area contributed by atoms with Crippen molar-refractivity contribution in [3.8, 4) is 0 Å². The first-order valence-electron chi connectivity index (χ1n) is 5.62. The van der Waals surface area contributed by atoms with Crippen LogP contribution < -0.4 is 4.90 Å². The second kappa shape index (κ2) is 4.23. The quantitative estimate of drug-likeness (QED) is 0.815. The van der Waals surface area contributed by atoms with Crippen LogP contribution in [0, 0.1) is 0 Å². The van der Waals surface area contributed by atoms with Crippen LogP contribution in [0.3, 0.4) is 0 Å². The summed E-state index contributed by atoms with van der Waals surface area (Å²) in [6.45, 7) is 0. The zero-order valence-corrected chi connectivity index (χ0v) is 9.98. The van der Waals surface area contributed by atoms with Gasteiger partial charge in [0, 0.05) is 18.6 Å². The van der Waals surface area contributed by atoms with E-state index in [1.807, 2.05) is 0 Å². The van der Waals surface area contributed by atoms with Crippen LogP contribution >= 0.6 is 0 Å². The third-order valence-corrected chi connectivity index (χ3v) is 2.92. The number of nitrogens with zero attached hydrogens (tertiary/aromatic N) is 3. The van der Waals surface area contributed by atoms with Gasteiger partial charge in [0.1, 0.15) is 5.56 Å². The molecule has 0 aliphatic carbocycles. The van der Waals surface area contributed by atoms with Crippen molar-refractivity contribution < 1.29 is 19.5 Å². The van der Waals surface area contributed by atoms with E-state index in [0.717, 1.165) is 4.90 Å². The molecule has 1 N–H and O–H groups in total. The number of carbonyl (C=O) groups is 3. The van der Waals surface area contributed by atoms with Crippen molar-refractivity contribution in [2.45, 2.75) is 0 Å². The van der Waals surface area contributed by atoms with E-state index in [9.17, 15) is 14.4 Å². The summed E-state index contributed by atoms with van der Waals surface area (Å²) in [4.78, 5) is 44.0. The lowest BCUT2D eigenvalue weighted by Gasteiger charge is -2.14. The summed E-state index contributed by atoms with van der Waals surface area (Å²) in [6, 6.07) is 4.12. The number of carbonyl (C=O) groups excluding carboxylic acids is 2. The van der Waals surface area contributed by atoms with Crippen LogP contribution in [-0.4, -0.2) is 32.9 Å². The third kappa shape index (κ3) is 1.57. The minimum absolute atomic E-state index is 0.138. The number of fused-ring (bicyclic) bond motifs is 1. The Hall–Kier alpha value is -3.09. The molecule has 1 aliphatic rings. The Morgan fingerprint density at radius 3 is 2.55 bits per heavy atom. The number of carboxylic acids is 1. The summed E-state index contributed by atoms with van der Waals surface area (Å²) in [5, 5.41) is 9.11. The minimum Gasteiger partial charge on any atom is -0.478 e. The Balaban J connectivity index is 2.17. The molecule has 2 amide bonds. The fraction of sp³-hybridized carbons (Fsp3) is 0. The highest BCUT2D eigenvalue weighted by atomic mass is 16.4. The lowest BCUT2D eigenvalue weighted by atomic mass is 10.2. The van der Waals surface area contributed by atoms with Gasteiger partial charge in [0.15, 0.2) is 5.82 Å². The molecule has 7 nitrogen and oxygen atoms in total. The molecule has 0 radical (unpaired) electrons. The first-order chi connectivity index (χ1) is 9.61. The normalized spacial score (nSPS) is 13.5. The maximum absolute atomic E-state index is 12.2. The van der Waals surface area contributed by atoms with Crippen LogP contribution in [0.5, 0.6) is 0 Å². The highest BCUT2D eigenvalue weighted by Gasteiger charge is 2.39. The average molecular weight is 269 g/mol. The Labute approximate surface area is 112 Å². The van der Waals surface area contributed by atoms with E-state index in [0.29, 0.717) is 0 Å². The van der Waals surface area contributed by atoms with Gasteiger partial charge in [-0.25, -0.2) is 14.7 Å². The van der Waals surface area contributed by atoms with Gasteiger partial charge in [-0.1, -0.05) is 0 Å². The van der Waals surface area contributed by atoms with E-state index >= 15 is 0 Å². The number of hydrogen-bond acceptors (Lipinski definition) is 5. The number of aromatic carboxylic acids is 1. The predicted molar refractivity (Wildman–Crippen MR) is 66.6 cm³/mol. The van der Waals surface area contributed by atoms with Gasteiger partial charge in [0.05, 0.1) is 11.1 Å². The molecule has 0 fully saturated rings. The smallest absolute Gasteiger partial charge is 0.339 e. The van der Waals surface area contributed by atoms with Gasteiger partial charge in [-0.3, -0.25) is 14.6 Å². The summed E-state index contributed by atoms with van der Waals surface area (Å²) >= 11 is 0. The number of amides is 2. The number of anilines is 1. The molecule has 0 bridgehead atoms. The Bertz CT molecular complexity index is 722. The molecule has 2 aromatic rings. The summed E-state index contributed by atoms with van der Waals surface area (Å²) < 4.78 is 0. The summed E-state index contributed by atoms with van der Waals surface area (Å²) in [5.41, 5.74) is 0.112. The Kier molecular flexibility index (Phi) is 2.53. The highest BCUT2D eigenvalue weighted by molar-refractivity contribution is 6.34. The van der Waals surface area contributed by atoms with E-state index in [4.69, 9.17) is 5.11 Å². The number of imide groups is 1. The molecule has 0 unspecified atom stereocenters. The lowest BCUT2D eigenvalue weighted by Crippen LogP contribution is -2.31. The molecule has 0 atom stereocenters. The molecule has 0 spiro atoms. The predicted octanol–water partition coefficient (Wildman–Crippen LogP) is 0.975. The molecule has 0 saturated heterocycles. The van der Waals surface area contributed by atoms with Crippen LogP contribution in [0.2, 0.25) is 0 Å². The largest absolute Gasteiger partial charge is 0.478 e. The molecule has 98 valence electrons. The molecule has 3 heterocycles. The molecule has 7 heteroatoms. The van der Waals surface area contributed by atoms with Gasteiger partial charge in [-0.05, 0) is 18.2 Å². The zero-order chi connectivity index (χ0) is 14.3. The van der Waals surface area contributed by atoms with E-state index in [1.54, 1.807) is 0 Å². The topological polar surface area (TPSA) is 100 Å². The fourth-order valence-electron chi connectivity index (χ4n) is 2.02. The number of carboxylic acid groups (broad SMARTS) is 1. The highest BCUT2D eigenvalue weighted by Crippen LogP contribution is 2.28. The molecule has 0 aromatic carbocycles. The van der Waals surface area contributed by atoms with Gasteiger partial charge in [-0.15, -0.1) is 0 Å². The van der Waals surface area contributed by atoms with Crippen molar-refractivity contribution in [1.29, 1.82) is 0 Å². The lowest BCUT2D eigenvalue weighted by molar-refractivity contribution is 0.0697. The van der Waals surface area contributed by atoms with E-state index < -0.39 is 17.8 Å². The van der Waals surface area contributed by atoms with Crippen LogP contribution in [-0.2, 0) is 0 Å². The SMILES string of the molecule is O=C(O)c1cccnc1N1C(=O)c2ccncc2C1=O. The number of rotatable bonds is 2. The second-order valence-electron chi connectivity index (χ2n) is 4.05. The molecule has 0 saturated carbocycles. The molecule has 3 rings (SSSR count). The summed E-state index contributed by atoms with van der Waals surface area (Å²) in [6.07, 6.45) is 3.99. The average Bonchev–Trinajstić information content (AvgIpc) is 2.71. The van der Waals surface area contributed by atoms with Crippen molar-refractivity contribution in [2.75, 3.05) is 4.90 Å². The minimum atomic E-state index is -1.26. The van der Waals surface area contributed by atoms with Crippen molar-refractivity contribution in [2.24, 2.45) is 0 Å². The van der Waals surface area contributed by atoms with Gasteiger partial charge < -0.3 is 5.11 Å². The van der Waals surface area contributed by atoms with E-state index in [1.165, 1.54) is 36.8 Å². The Morgan fingerprint density at radius 1 is 1.10 bits per heavy atom. The summed E-state index contributed by atoms with van der Waals surface area (Å²) in [5.74, 6) is -2.68. The Morgan fingerprint density at radius 2 is 1.85 bits per heavy atom. The molecular formula is C13H7N3O4. The molecular weight excluding hydrogens is 262 g/mol. The van der Waals surface area contributed by atoms with E-state index in [2.05, 4.69) is 9.97 Å². The molecule has 20 heavy (non-hydrogen) atoms. The number of aromatic nitrogens is 2. The van der Waals surface area contributed by atoms with E-state index in [-0.39, 0.29) is 22.5 Å². The van der Waals surface area contributed by atoms with Gasteiger partial charge in [0.25, 0.3) is 11.8 Å².